The lowest BCUT2D eigenvalue weighted by atomic mass is 9.76. The minimum atomic E-state index is -0.829. The molecule has 1 unspecified atom stereocenters. The average molecular weight is 592 g/mol. The summed E-state index contributed by atoms with van der Waals surface area (Å²) in [6.07, 6.45) is 8.12. The van der Waals surface area contributed by atoms with Crippen LogP contribution >= 0.6 is 11.6 Å². The predicted octanol–water partition coefficient (Wildman–Crippen LogP) is 5.97. The lowest BCUT2D eigenvalue weighted by molar-refractivity contribution is -0.167. The molecule has 220 valence electrons. The third-order valence-corrected chi connectivity index (χ3v) is 8.66. The van der Waals surface area contributed by atoms with E-state index in [2.05, 4.69) is 19.9 Å². The Morgan fingerprint density at radius 3 is 2.76 bits per heavy atom. The average Bonchev–Trinajstić information content (AvgIpc) is 3.64. The summed E-state index contributed by atoms with van der Waals surface area (Å²) in [7, 11) is 0. The third kappa shape index (κ3) is 5.84. The molecule has 2 aliphatic rings. The molecule has 1 fully saturated rings. The fourth-order valence-corrected chi connectivity index (χ4v) is 6.43. The molecule has 2 aromatic heterocycles. The Bertz CT molecular complexity index is 1600. The van der Waals surface area contributed by atoms with E-state index < -0.39 is 23.1 Å². The highest BCUT2D eigenvalue weighted by atomic mass is 35.5. The fraction of sp³-hybridized carbons (Fsp3) is 0.484. The highest BCUT2D eigenvalue weighted by molar-refractivity contribution is 6.31. The summed E-state index contributed by atoms with van der Waals surface area (Å²) in [6, 6.07) is 5.75. The van der Waals surface area contributed by atoms with Crippen LogP contribution in [-0.4, -0.2) is 48.8 Å². The van der Waals surface area contributed by atoms with E-state index in [-0.39, 0.29) is 53.9 Å². The van der Waals surface area contributed by atoms with Crippen molar-refractivity contribution >= 4 is 29.3 Å². The van der Waals surface area contributed by atoms with Crippen LogP contribution in [0.4, 0.5) is 0 Å². The number of halogens is 1. The monoisotopic (exact) mass is 591 g/mol. The van der Waals surface area contributed by atoms with Crippen LogP contribution in [-0.2, 0) is 32.6 Å². The number of rotatable bonds is 9. The molecule has 1 aliphatic heterocycles. The maximum Gasteiger partial charge on any atom is 0.341 e. The predicted molar refractivity (Wildman–Crippen MR) is 155 cm³/mol. The van der Waals surface area contributed by atoms with E-state index in [4.69, 9.17) is 27.6 Å². The lowest BCUT2D eigenvalue weighted by Crippen LogP contribution is -2.46. The number of benzene rings is 1. The second-order valence-electron chi connectivity index (χ2n) is 11.5. The molecule has 1 atom stereocenters. The van der Waals surface area contributed by atoms with Crippen molar-refractivity contribution in [2.24, 2.45) is 5.92 Å². The number of fused-ring (bicyclic) bond motifs is 1. The van der Waals surface area contributed by atoms with Gasteiger partial charge in [-0.3, -0.25) is 0 Å². The molecule has 0 saturated heterocycles. The van der Waals surface area contributed by atoms with Crippen LogP contribution in [0.15, 0.2) is 41.9 Å². The zero-order valence-electron chi connectivity index (χ0n) is 24.0. The molecule has 0 amide bonds. The van der Waals surface area contributed by atoms with Gasteiger partial charge in [0.15, 0.2) is 5.82 Å². The molecule has 3 aromatic rings. The Kier molecular flexibility index (Phi) is 8.24. The standard InChI is InChI=1S/C31H34ClN5O5/c1-5-41-27(39)20-17-34-29-35-26(36-37(29)18-20)15-22-25(38)16-31(42-28(22)40,21-8-6-7-9-21)13-12-19-10-11-23(24(32)14-19)30(2,3)33-4/h10-11,14,17-18,21,38H,5-9,12-13,15-16H2,1-3H3. The first kappa shape index (κ1) is 29.5. The van der Waals surface area contributed by atoms with Gasteiger partial charge in [-0.1, -0.05) is 30.5 Å². The van der Waals surface area contributed by atoms with Crippen LogP contribution < -0.4 is 0 Å². The Hall–Kier alpha value is -3.97. The smallest absolute Gasteiger partial charge is 0.341 e. The number of carbonyl (C=O) groups is 2. The molecule has 0 radical (unpaired) electrons. The van der Waals surface area contributed by atoms with Gasteiger partial charge in [-0.2, -0.15) is 4.98 Å². The van der Waals surface area contributed by atoms with Crippen molar-refractivity contribution in [1.82, 2.24) is 19.6 Å². The number of esters is 2. The van der Waals surface area contributed by atoms with E-state index in [9.17, 15) is 14.7 Å². The number of cyclic esters (lactones) is 1. The van der Waals surface area contributed by atoms with Gasteiger partial charge >= 0.3 is 11.9 Å². The molecule has 10 nitrogen and oxygen atoms in total. The van der Waals surface area contributed by atoms with Crippen LogP contribution in [0.2, 0.25) is 5.02 Å². The first-order valence-electron chi connectivity index (χ1n) is 14.3. The maximum absolute atomic E-state index is 13.4. The van der Waals surface area contributed by atoms with Crippen LogP contribution in [0, 0.1) is 12.5 Å². The second kappa shape index (κ2) is 11.7. The van der Waals surface area contributed by atoms with Gasteiger partial charge in [-0.25, -0.2) is 25.7 Å². The normalized spacial score (nSPS) is 19.6. The number of aliphatic hydroxyl groups is 1. The van der Waals surface area contributed by atoms with Crippen molar-refractivity contribution in [3.8, 4) is 0 Å². The van der Waals surface area contributed by atoms with E-state index in [1.165, 1.54) is 16.9 Å². The van der Waals surface area contributed by atoms with Gasteiger partial charge < -0.3 is 19.4 Å². The Balaban J connectivity index is 1.36. The quantitative estimate of drug-likeness (QED) is 0.239. The Morgan fingerprint density at radius 1 is 1.33 bits per heavy atom. The molecule has 1 N–H and O–H groups in total. The second-order valence-corrected chi connectivity index (χ2v) is 11.9. The SMILES string of the molecule is [C-]#[N+]C(C)(C)c1ccc(CCC2(C3CCCC3)CC(O)=C(Cc3nc4ncc(C(=O)OCC)cn4n3)C(=O)O2)cc1Cl. The number of carbonyl (C=O) groups excluding carboxylic acids is 2. The number of hydrogen-bond donors (Lipinski definition) is 1. The topological polar surface area (TPSA) is 120 Å². The summed E-state index contributed by atoms with van der Waals surface area (Å²) in [6.45, 7) is 13.1. The largest absolute Gasteiger partial charge is 0.512 e. The molecule has 3 heterocycles. The van der Waals surface area contributed by atoms with E-state index in [0.717, 1.165) is 36.8 Å². The Morgan fingerprint density at radius 2 is 2.10 bits per heavy atom. The van der Waals surface area contributed by atoms with E-state index in [1.807, 2.05) is 32.0 Å². The molecule has 0 bridgehead atoms. The van der Waals surface area contributed by atoms with Gasteiger partial charge in [0.1, 0.15) is 11.4 Å². The summed E-state index contributed by atoms with van der Waals surface area (Å²) in [5, 5.41) is 16.1. The fourth-order valence-electron chi connectivity index (χ4n) is 5.99. The highest BCUT2D eigenvalue weighted by Crippen LogP contribution is 2.46. The van der Waals surface area contributed by atoms with E-state index in [0.29, 0.717) is 17.9 Å². The zero-order valence-corrected chi connectivity index (χ0v) is 24.8. The molecule has 1 saturated carbocycles. The molecular weight excluding hydrogens is 558 g/mol. The summed E-state index contributed by atoms with van der Waals surface area (Å²) in [5.74, 6) is -0.436. The van der Waals surface area contributed by atoms with Crippen molar-refractivity contribution in [3.63, 3.8) is 0 Å². The first-order chi connectivity index (χ1) is 20.0. The van der Waals surface area contributed by atoms with Crippen LogP contribution in [0.25, 0.3) is 10.6 Å². The highest BCUT2D eigenvalue weighted by Gasteiger charge is 2.48. The molecule has 0 spiro atoms. The number of hydrogen-bond acceptors (Lipinski definition) is 8. The molecule has 1 aromatic carbocycles. The van der Waals surface area contributed by atoms with Gasteiger partial charge in [0.05, 0.1) is 28.3 Å². The van der Waals surface area contributed by atoms with Crippen LogP contribution in [0.1, 0.15) is 86.6 Å². The van der Waals surface area contributed by atoms with Crippen molar-refractivity contribution in [1.29, 1.82) is 0 Å². The number of aryl methyl sites for hydroxylation is 1. The third-order valence-electron chi connectivity index (χ3n) is 8.35. The van der Waals surface area contributed by atoms with E-state index in [1.54, 1.807) is 6.92 Å². The zero-order chi connectivity index (χ0) is 30.1. The van der Waals surface area contributed by atoms with Crippen molar-refractivity contribution in [2.45, 2.75) is 83.3 Å². The minimum Gasteiger partial charge on any atom is -0.512 e. The van der Waals surface area contributed by atoms with Crippen LogP contribution in [0.3, 0.4) is 0 Å². The summed E-state index contributed by atoms with van der Waals surface area (Å²) in [4.78, 5) is 37.7. The van der Waals surface area contributed by atoms with Crippen molar-refractivity contribution < 1.29 is 24.2 Å². The Labute approximate surface area is 249 Å². The summed E-state index contributed by atoms with van der Waals surface area (Å²) in [5.41, 5.74) is 0.559. The van der Waals surface area contributed by atoms with Crippen LogP contribution in [0.5, 0.6) is 0 Å². The molecule has 5 rings (SSSR count). The minimum absolute atomic E-state index is 0.00985. The summed E-state index contributed by atoms with van der Waals surface area (Å²) >= 11 is 6.57. The summed E-state index contributed by atoms with van der Waals surface area (Å²) < 4.78 is 12.6. The first-order valence-corrected chi connectivity index (χ1v) is 14.6. The molecule has 1 aliphatic carbocycles. The maximum atomic E-state index is 13.4. The van der Waals surface area contributed by atoms with E-state index >= 15 is 0 Å². The number of aromatic nitrogens is 4. The number of ether oxygens (including phenoxy) is 2. The van der Waals surface area contributed by atoms with Crippen molar-refractivity contribution in [2.75, 3.05) is 6.61 Å². The lowest BCUT2D eigenvalue weighted by Gasteiger charge is -2.41. The van der Waals surface area contributed by atoms with Gasteiger partial charge in [0, 0.05) is 39.1 Å². The molecular formula is C31H34ClN5O5. The van der Waals surface area contributed by atoms with Gasteiger partial charge in [0.25, 0.3) is 11.3 Å². The number of nitrogens with zero attached hydrogens (tertiary/aromatic N) is 5. The van der Waals surface area contributed by atoms with Crippen molar-refractivity contribution in [3.05, 3.63) is 80.9 Å². The number of aliphatic hydroxyl groups excluding tert-OH is 1. The van der Waals surface area contributed by atoms with Gasteiger partial charge in [-0.15, -0.1) is 5.10 Å². The molecule has 42 heavy (non-hydrogen) atoms. The van der Waals surface area contributed by atoms with Gasteiger partial charge in [-0.05, 0) is 56.2 Å². The molecule has 11 heteroatoms. The van der Waals surface area contributed by atoms with Gasteiger partial charge in [0.2, 0.25) is 0 Å².